The highest BCUT2D eigenvalue weighted by Crippen LogP contribution is 2.14. The van der Waals surface area contributed by atoms with E-state index in [9.17, 15) is 4.79 Å². The summed E-state index contributed by atoms with van der Waals surface area (Å²) in [4.78, 5) is 13.7. The van der Waals surface area contributed by atoms with Crippen LogP contribution >= 0.6 is 25.3 Å². The van der Waals surface area contributed by atoms with Gasteiger partial charge in [-0.15, -0.1) is 0 Å². The number of carbonyl (C=O) groups is 1. The highest BCUT2D eigenvalue weighted by atomic mass is 32.1. The van der Waals surface area contributed by atoms with E-state index in [0.717, 1.165) is 45.6 Å². The number of amides is 1. The Balaban J connectivity index is 4.07. The summed E-state index contributed by atoms with van der Waals surface area (Å²) in [5.41, 5.74) is 0. The first kappa shape index (κ1) is 22.1. The van der Waals surface area contributed by atoms with Gasteiger partial charge in [0.05, 0.1) is 0 Å². The summed E-state index contributed by atoms with van der Waals surface area (Å²) in [7, 11) is 1.69. The Morgan fingerprint density at radius 2 is 1.68 bits per heavy atom. The Hall–Kier alpha value is 0.0900. The maximum absolute atomic E-state index is 11.2. The molecule has 2 N–H and O–H groups in total. The smallest absolute Gasteiger partial charge is 0.219 e. The van der Waals surface area contributed by atoms with Gasteiger partial charge in [-0.1, -0.05) is 0 Å². The van der Waals surface area contributed by atoms with Crippen LogP contribution < -0.4 is 10.6 Å². The quantitative estimate of drug-likeness (QED) is 0.323. The third kappa shape index (κ3) is 15.0. The zero-order valence-corrected chi connectivity index (χ0v) is 16.7. The minimum absolute atomic E-state index is 0.0103. The van der Waals surface area contributed by atoms with Gasteiger partial charge < -0.3 is 15.5 Å². The second-order valence-electron chi connectivity index (χ2n) is 7.21. The number of nitrogens with one attached hydrogen (secondary N) is 2. The van der Waals surface area contributed by atoms with Gasteiger partial charge in [0.15, 0.2) is 0 Å². The molecule has 0 aromatic heterocycles. The molecule has 0 aromatic carbocycles. The van der Waals surface area contributed by atoms with Gasteiger partial charge in [0, 0.05) is 49.1 Å². The Bertz CT molecular complexity index is 311. The Morgan fingerprint density at radius 1 is 1.05 bits per heavy atom. The summed E-state index contributed by atoms with van der Waals surface area (Å²) in [6, 6.07) is 0. The van der Waals surface area contributed by atoms with Crippen LogP contribution in [0.4, 0.5) is 0 Å². The summed E-state index contributed by atoms with van der Waals surface area (Å²) in [6.07, 6.45) is 2.58. The summed E-state index contributed by atoms with van der Waals surface area (Å²) >= 11 is 9.16. The first-order valence-electron chi connectivity index (χ1n) is 8.12. The number of carbonyl (C=O) groups excluding carboxylic acids is 1. The van der Waals surface area contributed by atoms with Crippen LogP contribution in [0.1, 0.15) is 47.0 Å². The lowest BCUT2D eigenvalue weighted by atomic mass is 10.1. The Kier molecular flexibility index (Phi) is 10.8. The SMILES string of the molecule is CNC(=O)CCCCN(CCNCC(C)(C)S)CC(C)(C)S. The van der Waals surface area contributed by atoms with Gasteiger partial charge in [-0.2, -0.15) is 25.3 Å². The molecule has 4 nitrogen and oxygen atoms in total. The summed E-state index contributed by atoms with van der Waals surface area (Å²) < 4.78 is 0.00473. The lowest BCUT2D eigenvalue weighted by Gasteiger charge is -2.30. The highest BCUT2D eigenvalue weighted by Gasteiger charge is 2.17. The van der Waals surface area contributed by atoms with Crippen molar-refractivity contribution in [1.29, 1.82) is 0 Å². The van der Waals surface area contributed by atoms with Gasteiger partial charge >= 0.3 is 0 Å². The van der Waals surface area contributed by atoms with Crippen LogP contribution in [0.25, 0.3) is 0 Å². The van der Waals surface area contributed by atoms with E-state index >= 15 is 0 Å². The molecule has 0 aromatic rings. The molecule has 0 spiro atoms. The van der Waals surface area contributed by atoms with Crippen LogP contribution in [0.2, 0.25) is 0 Å². The second kappa shape index (κ2) is 10.8. The monoisotopic (exact) mass is 349 g/mol. The fraction of sp³-hybridized carbons (Fsp3) is 0.938. The number of rotatable bonds is 12. The molecule has 0 saturated heterocycles. The summed E-state index contributed by atoms with van der Waals surface area (Å²) in [6.45, 7) is 13.3. The van der Waals surface area contributed by atoms with Crippen LogP contribution in [0.3, 0.4) is 0 Å². The third-order valence-electron chi connectivity index (χ3n) is 3.18. The van der Waals surface area contributed by atoms with E-state index < -0.39 is 0 Å². The molecule has 1 amide bonds. The molecule has 0 aliphatic rings. The number of hydrogen-bond donors (Lipinski definition) is 4. The zero-order chi connectivity index (χ0) is 17.2. The standard InChI is InChI=1S/C16H35N3OS2/c1-15(2,21)12-18-9-11-19(13-16(3,4)22)10-7-6-8-14(20)17-5/h18,21-22H,6-13H2,1-5H3,(H,17,20). The highest BCUT2D eigenvalue weighted by molar-refractivity contribution is 7.82. The molecular formula is C16H35N3OS2. The molecule has 0 heterocycles. The summed E-state index contributed by atoms with van der Waals surface area (Å²) in [5, 5.41) is 6.12. The topological polar surface area (TPSA) is 44.4 Å². The predicted octanol–water partition coefficient (Wildman–Crippen LogP) is 2.21. The molecule has 0 aliphatic heterocycles. The molecule has 0 fully saturated rings. The zero-order valence-electron chi connectivity index (χ0n) is 14.9. The normalized spacial score (nSPS) is 12.7. The van der Waals surface area contributed by atoms with Crippen molar-refractivity contribution in [2.45, 2.75) is 56.5 Å². The van der Waals surface area contributed by atoms with Crippen LogP contribution in [-0.4, -0.2) is 60.1 Å². The van der Waals surface area contributed by atoms with Crippen molar-refractivity contribution in [1.82, 2.24) is 15.5 Å². The van der Waals surface area contributed by atoms with Crippen molar-refractivity contribution in [3.8, 4) is 0 Å². The molecule has 0 saturated carbocycles. The van der Waals surface area contributed by atoms with E-state index in [-0.39, 0.29) is 15.4 Å². The molecule has 0 aliphatic carbocycles. The van der Waals surface area contributed by atoms with Crippen molar-refractivity contribution in [3.05, 3.63) is 0 Å². The summed E-state index contributed by atoms with van der Waals surface area (Å²) in [5.74, 6) is 0.124. The minimum Gasteiger partial charge on any atom is -0.359 e. The van der Waals surface area contributed by atoms with Gasteiger partial charge in [0.25, 0.3) is 0 Å². The molecule has 0 rings (SSSR count). The molecular weight excluding hydrogens is 314 g/mol. The molecule has 0 unspecified atom stereocenters. The largest absolute Gasteiger partial charge is 0.359 e. The van der Waals surface area contributed by atoms with Gasteiger partial charge in [-0.05, 0) is 47.1 Å². The second-order valence-corrected chi connectivity index (χ2v) is 9.63. The van der Waals surface area contributed by atoms with E-state index in [2.05, 4.69) is 68.5 Å². The fourth-order valence-electron chi connectivity index (χ4n) is 2.19. The molecule has 6 heteroatoms. The molecule has 0 radical (unpaired) electrons. The first-order valence-corrected chi connectivity index (χ1v) is 9.01. The van der Waals surface area contributed by atoms with Crippen LogP contribution in [-0.2, 0) is 4.79 Å². The van der Waals surface area contributed by atoms with Crippen molar-refractivity contribution in [2.75, 3.05) is 39.8 Å². The lowest BCUT2D eigenvalue weighted by Crippen LogP contribution is -2.41. The Morgan fingerprint density at radius 3 is 2.18 bits per heavy atom. The molecule has 0 atom stereocenters. The van der Waals surface area contributed by atoms with Crippen molar-refractivity contribution in [2.24, 2.45) is 0 Å². The van der Waals surface area contributed by atoms with Crippen LogP contribution in [0.15, 0.2) is 0 Å². The predicted molar refractivity (Wildman–Crippen MR) is 103 cm³/mol. The average molecular weight is 350 g/mol. The van der Waals surface area contributed by atoms with Gasteiger partial charge in [0.2, 0.25) is 5.91 Å². The lowest BCUT2D eigenvalue weighted by molar-refractivity contribution is -0.120. The van der Waals surface area contributed by atoms with Crippen molar-refractivity contribution in [3.63, 3.8) is 0 Å². The van der Waals surface area contributed by atoms with E-state index in [1.54, 1.807) is 7.05 Å². The maximum Gasteiger partial charge on any atom is 0.219 e. The van der Waals surface area contributed by atoms with Gasteiger partial charge in [-0.25, -0.2) is 0 Å². The fourth-order valence-corrected chi connectivity index (χ4v) is 2.51. The van der Waals surface area contributed by atoms with Crippen molar-refractivity contribution < 1.29 is 4.79 Å². The number of nitrogens with zero attached hydrogens (tertiary/aromatic N) is 1. The number of thiol groups is 2. The van der Waals surface area contributed by atoms with Gasteiger partial charge in [-0.3, -0.25) is 4.79 Å². The van der Waals surface area contributed by atoms with Crippen molar-refractivity contribution >= 4 is 31.2 Å². The number of unbranched alkanes of at least 4 members (excludes halogenated alkanes) is 1. The molecule has 132 valence electrons. The molecule has 0 bridgehead atoms. The van der Waals surface area contributed by atoms with E-state index in [1.165, 1.54) is 0 Å². The van der Waals surface area contributed by atoms with E-state index in [4.69, 9.17) is 0 Å². The first-order chi connectivity index (χ1) is 10.0. The third-order valence-corrected chi connectivity index (χ3v) is 3.48. The maximum atomic E-state index is 11.2. The molecule has 22 heavy (non-hydrogen) atoms. The Labute approximate surface area is 148 Å². The van der Waals surface area contributed by atoms with Crippen LogP contribution in [0.5, 0.6) is 0 Å². The number of hydrogen-bond acceptors (Lipinski definition) is 5. The average Bonchev–Trinajstić information content (AvgIpc) is 2.36. The van der Waals surface area contributed by atoms with Crippen LogP contribution in [0, 0.1) is 0 Å². The van der Waals surface area contributed by atoms with E-state index in [0.29, 0.717) is 6.42 Å². The minimum atomic E-state index is -0.0103. The van der Waals surface area contributed by atoms with E-state index in [1.807, 2.05) is 0 Å². The van der Waals surface area contributed by atoms with Gasteiger partial charge in [0.1, 0.15) is 0 Å².